The third kappa shape index (κ3) is 1.62. The smallest absolute Gasteiger partial charge is 0.123 e. The van der Waals surface area contributed by atoms with Crippen LogP contribution in [0.15, 0.2) is 36.4 Å². The SMILES string of the molecule is CNN(C)c1ccc(O)c2ccccc12. The zero-order chi connectivity index (χ0) is 10.8. The lowest BCUT2D eigenvalue weighted by atomic mass is 10.1. The summed E-state index contributed by atoms with van der Waals surface area (Å²) in [5, 5.41) is 13.5. The van der Waals surface area contributed by atoms with Gasteiger partial charge in [0.15, 0.2) is 0 Å². The first kappa shape index (κ1) is 9.80. The first-order valence-electron chi connectivity index (χ1n) is 4.86. The minimum atomic E-state index is 0.318. The predicted molar refractivity (Wildman–Crippen MR) is 63.1 cm³/mol. The Balaban J connectivity index is 2.71. The van der Waals surface area contributed by atoms with E-state index in [0.717, 1.165) is 16.5 Å². The first-order chi connectivity index (χ1) is 7.24. The molecule has 0 aromatic heterocycles. The largest absolute Gasteiger partial charge is 0.507 e. The Kier molecular flexibility index (Phi) is 2.47. The highest BCUT2D eigenvalue weighted by atomic mass is 16.3. The van der Waals surface area contributed by atoms with Crippen LogP contribution in [0, 0.1) is 0 Å². The van der Waals surface area contributed by atoms with Gasteiger partial charge in [-0.1, -0.05) is 24.3 Å². The Hall–Kier alpha value is -1.74. The van der Waals surface area contributed by atoms with E-state index in [1.54, 1.807) is 6.07 Å². The van der Waals surface area contributed by atoms with Crippen molar-refractivity contribution in [3.05, 3.63) is 36.4 Å². The molecule has 0 amide bonds. The van der Waals surface area contributed by atoms with Gasteiger partial charge in [-0.05, 0) is 12.1 Å². The van der Waals surface area contributed by atoms with E-state index in [2.05, 4.69) is 5.43 Å². The van der Waals surface area contributed by atoms with Gasteiger partial charge in [-0.15, -0.1) is 0 Å². The van der Waals surface area contributed by atoms with Gasteiger partial charge in [0, 0.05) is 24.9 Å². The van der Waals surface area contributed by atoms with Crippen molar-refractivity contribution in [2.45, 2.75) is 0 Å². The number of nitrogens with one attached hydrogen (secondary N) is 1. The average molecular weight is 202 g/mol. The molecular formula is C12H14N2O. The number of benzene rings is 2. The van der Waals surface area contributed by atoms with Crippen molar-refractivity contribution in [1.29, 1.82) is 0 Å². The summed E-state index contributed by atoms with van der Waals surface area (Å²) < 4.78 is 0. The zero-order valence-corrected chi connectivity index (χ0v) is 8.86. The van der Waals surface area contributed by atoms with Crippen molar-refractivity contribution in [3.63, 3.8) is 0 Å². The molecule has 0 aliphatic rings. The van der Waals surface area contributed by atoms with Crippen LogP contribution in [0.5, 0.6) is 5.75 Å². The Morgan fingerprint density at radius 2 is 1.73 bits per heavy atom. The maximum absolute atomic E-state index is 9.71. The molecule has 0 unspecified atom stereocenters. The summed E-state index contributed by atoms with van der Waals surface area (Å²) in [6.07, 6.45) is 0. The number of hydrazine groups is 1. The second-order valence-corrected chi connectivity index (χ2v) is 3.43. The van der Waals surface area contributed by atoms with E-state index < -0.39 is 0 Å². The molecule has 0 saturated heterocycles. The van der Waals surface area contributed by atoms with E-state index in [-0.39, 0.29) is 0 Å². The molecule has 3 heteroatoms. The van der Waals surface area contributed by atoms with Crippen molar-refractivity contribution in [2.24, 2.45) is 0 Å². The molecule has 0 atom stereocenters. The summed E-state index contributed by atoms with van der Waals surface area (Å²) in [5.74, 6) is 0.318. The van der Waals surface area contributed by atoms with E-state index in [1.807, 2.05) is 49.4 Å². The molecule has 0 spiro atoms. The van der Waals surface area contributed by atoms with E-state index in [4.69, 9.17) is 0 Å². The van der Waals surface area contributed by atoms with Crippen molar-refractivity contribution in [1.82, 2.24) is 5.43 Å². The number of phenolic OH excluding ortho intramolecular Hbond substituents is 1. The molecule has 0 aliphatic carbocycles. The van der Waals surface area contributed by atoms with E-state index >= 15 is 0 Å². The maximum Gasteiger partial charge on any atom is 0.123 e. The summed E-state index contributed by atoms with van der Waals surface area (Å²) in [6, 6.07) is 11.4. The molecular weight excluding hydrogens is 188 g/mol. The number of hydrogen-bond donors (Lipinski definition) is 2. The minimum absolute atomic E-state index is 0.318. The molecule has 3 nitrogen and oxygen atoms in total. The Bertz CT molecular complexity index is 482. The van der Waals surface area contributed by atoms with Crippen LogP contribution in [0.25, 0.3) is 10.8 Å². The highest BCUT2D eigenvalue weighted by Gasteiger charge is 2.06. The topological polar surface area (TPSA) is 35.5 Å². The van der Waals surface area contributed by atoms with Crippen molar-refractivity contribution in [3.8, 4) is 5.75 Å². The van der Waals surface area contributed by atoms with Gasteiger partial charge in [0.2, 0.25) is 0 Å². The van der Waals surface area contributed by atoms with Gasteiger partial charge < -0.3 is 10.1 Å². The summed E-state index contributed by atoms with van der Waals surface area (Å²) in [5.41, 5.74) is 4.09. The molecule has 0 bridgehead atoms. The van der Waals surface area contributed by atoms with Crippen LogP contribution in [0.1, 0.15) is 0 Å². The second-order valence-electron chi connectivity index (χ2n) is 3.43. The number of nitrogens with zero attached hydrogens (tertiary/aromatic N) is 1. The van der Waals surface area contributed by atoms with Gasteiger partial charge in [-0.2, -0.15) is 0 Å². The summed E-state index contributed by atoms with van der Waals surface area (Å²) in [7, 11) is 3.81. The predicted octanol–water partition coefficient (Wildman–Crippen LogP) is 2.12. The van der Waals surface area contributed by atoms with Gasteiger partial charge in [-0.3, -0.25) is 0 Å². The number of phenols is 1. The molecule has 2 aromatic rings. The molecule has 0 saturated carbocycles. The maximum atomic E-state index is 9.71. The molecule has 15 heavy (non-hydrogen) atoms. The molecule has 0 aliphatic heterocycles. The van der Waals surface area contributed by atoms with Gasteiger partial charge in [0.1, 0.15) is 5.75 Å². The van der Waals surface area contributed by atoms with Crippen molar-refractivity contribution < 1.29 is 5.11 Å². The normalized spacial score (nSPS) is 10.5. The standard InChI is InChI=1S/C12H14N2O/c1-13-14(2)11-7-8-12(15)10-6-4-3-5-9(10)11/h3-8,13,15H,1-2H3. The monoisotopic (exact) mass is 202 g/mol. The van der Waals surface area contributed by atoms with Crippen LogP contribution in [0.3, 0.4) is 0 Å². The number of aromatic hydroxyl groups is 1. The third-order valence-corrected chi connectivity index (χ3v) is 2.57. The summed E-state index contributed by atoms with van der Waals surface area (Å²) >= 11 is 0. The quantitative estimate of drug-likeness (QED) is 0.732. The van der Waals surface area contributed by atoms with Crippen LogP contribution in [-0.2, 0) is 0 Å². The molecule has 2 aromatic carbocycles. The lowest BCUT2D eigenvalue weighted by Crippen LogP contribution is -2.30. The van der Waals surface area contributed by atoms with Crippen LogP contribution in [0.4, 0.5) is 5.69 Å². The highest BCUT2D eigenvalue weighted by Crippen LogP contribution is 2.31. The van der Waals surface area contributed by atoms with Gasteiger partial charge >= 0.3 is 0 Å². The van der Waals surface area contributed by atoms with E-state index in [1.165, 1.54) is 0 Å². The Morgan fingerprint density at radius 3 is 2.40 bits per heavy atom. The van der Waals surface area contributed by atoms with E-state index in [0.29, 0.717) is 5.75 Å². The van der Waals surface area contributed by atoms with Crippen LogP contribution < -0.4 is 10.4 Å². The Labute approximate surface area is 88.9 Å². The fourth-order valence-corrected chi connectivity index (χ4v) is 1.68. The van der Waals surface area contributed by atoms with Gasteiger partial charge in [0.25, 0.3) is 0 Å². The zero-order valence-electron chi connectivity index (χ0n) is 8.86. The van der Waals surface area contributed by atoms with Crippen molar-refractivity contribution >= 4 is 16.5 Å². The molecule has 2 rings (SSSR count). The fraction of sp³-hybridized carbons (Fsp3) is 0.167. The average Bonchev–Trinajstić information content (AvgIpc) is 2.29. The number of anilines is 1. The van der Waals surface area contributed by atoms with Crippen LogP contribution in [0.2, 0.25) is 0 Å². The highest BCUT2D eigenvalue weighted by molar-refractivity contribution is 5.97. The van der Waals surface area contributed by atoms with Gasteiger partial charge in [0.05, 0.1) is 5.69 Å². The summed E-state index contributed by atoms with van der Waals surface area (Å²) in [4.78, 5) is 0. The lowest BCUT2D eigenvalue weighted by molar-refractivity contribution is 0.481. The summed E-state index contributed by atoms with van der Waals surface area (Å²) in [6.45, 7) is 0. The van der Waals surface area contributed by atoms with Gasteiger partial charge in [-0.25, -0.2) is 5.43 Å². The van der Waals surface area contributed by atoms with Crippen LogP contribution in [-0.4, -0.2) is 19.2 Å². The molecule has 0 fully saturated rings. The fourth-order valence-electron chi connectivity index (χ4n) is 1.68. The third-order valence-electron chi connectivity index (χ3n) is 2.57. The lowest BCUT2D eigenvalue weighted by Gasteiger charge is -2.19. The Morgan fingerprint density at radius 1 is 1.07 bits per heavy atom. The molecule has 0 radical (unpaired) electrons. The number of hydrogen-bond acceptors (Lipinski definition) is 3. The molecule has 0 heterocycles. The van der Waals surface area contributed by atoms with Crippen molar-refractivity contribution in [2.75, 3.05) is 19.1 Å². The van der Waals surface area contributed by atoms with E-state index in [9.17, 15) is 5.11 Å². The molecule has 2 N–H and O–H groups in total. The number of fused-ring (bicyclic) bond motifs is 1. The number of rotatable bonds is 2. The molecule has 78 valence electrons. The van der Waals surface area contributed by atoms with Crippen LogP contribution >= 0.6 is 0 Å². The second kappa shape index (κ2) is 3.79. The minimum Gasteiger partial charge on any atom is -0.507 e. The first-order valence-corrected chi connectivity index (χ1v) is 4.86.